The smallest absolute Gasteiger partial charge is 0.465 e. The van der Waals surface area contributed by atoms with Crippen LogP contribution >= 0.6 is 0 Å². The van der Waals surface area contributed by atoms with Gasteiger partial charge < -0.3 is 14.2 Å². The highest BCUT2D eigenvalue weighted by Crippen LogP contribution is 2.33. The molecule has 0 saturated carbocycles. The van der Waals surface area contributed by atoms with Crippen molar-refractivity contribution in [3.8, 4) is 17.6 Å². The monoisotopic (exact) mass is 311 g/mol. The first kappa shape index (κ1) is 16.5. The van der Waals surface area contributed by atoms with E-state index in [0.717, 1.165) is 7.11 Å². The summed E-state index contributed by atoms with van der Waals surface area (Å²) in [4.78, 5) is 11.4. The zero-order valence-corrected chi connectivity index (χ0v) is 10.2. The Bertz CT molecular complexity index is 579. The number of methoxy groups -OCH3 is 1. The number of hydrogen-bond acceptors (Lipinski definition) is 5. The molecule has 0 aliphatic heterocycles. The molecule has 0 fully saturated rings. The first-order chi connectivity index (χ1) is 9.67. The van der Waals surface area contributed by atoms with E-state index < -0.39 is 41.6 Å². The molecule has 21 heavy (non-hydrogen) atoms. The molecular formula is C11H6F5NO4. The number of esters is 1. The quantitative estimate of drug-likeness (QED) is 0.632. The van der Waals surface area contributed by atoms with E-state index in [1.165, 1.54) is 6.07 Å². The highest BCUT2D eigenvalue weighted by Gasteiger charge is 2.33. The Morgan fingerprint density at radius 1 is 1.33 bits per heavy atom. The van der Waals surface area contributed by atoms with Gasteiger partial charge in [0.05, 0.1) is 12.7 Å². The Hall–Kier alpha value is -2.57. The first-order valence-corrected chi connectivity index (χ1v) is 5.05. The van der Waals surface area contributed by atoms with Crippen molar-refractivity contribution in [2.24, 2.45) is 0 Å². The Morgan fingerprint density at radius 2 is 1.95 bits per heavy atom. The Labute approximate surface area is 114 Å². The van der Waals surface area contributed by atoms with Crippen molar-refractivity contribution in [2.45, 2.75) is 13.0 Å². The molecule has 114 valence electrons. The zero-order valence-electron chi connectivity index (χ0n) is 10.2. The van der Waals surface area contributed by atoms with E-state index in [1.807, 2.05) is 0 Å². The Kier molecular flexibility index (Phi) is 4.91. The van der Waals surface area contributed by atoms with Gasteiger partial charge in [0.1, 0.15) is 23.1 Å². The normalized spacial score (nSPS) is 11.0. The van der Waals surface area contributed by atoms with Gasteiger partial charge in [-0.2, -0.15) is 14.0 Å². The lowest BCUT2D eigenvalue weighted by Gasteiger charge is -2.14. The topological polar surface area (TPSA) is 68.6 Å². The third-order valence-electron chi connectivity index (χ3n) is 2.04. The largest absolute Gasteiger partial charge is 0.573 e. The third kappa shape index (κ3) is 4.48. The second-order valence-corrected chi connectivity index (χ2v) is 3.37. The van der Waals surface area contributed by atoms with Crippen LogP contribution in [0.25, 0.3) is 0 Å². The molecule has 0 unspecified atom stereocenters. The van der Waals surface area contributed by atoms with Crippen LogP contribution in [0.2, 0.25) is 0 Å². The van der Waals surface area contributed by atoms with Crippen molar-refractivity contribution in [3.63, 3.8) is 0 Å². The molecule has 0 saturated heterocycles. The van der Waals surface area contributed by atoms with Gasteiger partial charge in [-0.15, -0.1) is 13.2 Å². The molecule has 5 nitrogen and oxygen atoms in total. The predicted octanol–water partition coefficient (Wildman–Crippen LogP) is 2.84. The van der Waals surface area contributed by atoms with E-state index in [2.05, 4.69) is 14.2 Å². The minimum atomic E-state index is -5.11. The van der Waals surface area contributed by atoms with Crippen LogP contribution in [0.5, 0.6) is 11.5 Å². The number of nitriles is 1. The van der Waals surface area contributed by atoms with Crippen LogP contribution in [-0.2, 0) is 4.74 Å². The maximum Gasteiger partial charge on any atom is 0.573 e. The molecule has 0 N–H and O–H groups in total. The summed E-state index contributed by atoms with van der Waals surface area (Å²) in [7, 11) is 0.899. The van der Waals surface area contributed by atoms with Crippen molar-refractivity contribution < 1.29 is 41.0 Å². The van der Waals surface area contributed by atoms with Gasteiger partial charge in [0.2, 0.25) is 0 Å². The zero-order chi connectivity index (χ0) is 16.2. The molecule has 0 amide bonds. The van der Waals surface area contributed by atoms with E-state index in [4.69, 9.17) is 5.26 Å². The molecule has 0 bridgehead atoms. The summed E-state index contributed by atoms with van der Waals surface area (Å²) in [6, 6.07) is 2.34. The fourth-order valence-corrected chi connectivity index (χ4v) is 1.37. The predicted molar refractivity (Wildman–Crippen MR) is 55.8 cm³/mol. The highest BCUT2D eigenvalue weighted by atomic mass is 19.4. The average Bonchev–Trinajstić information content (AvgIpc) is 2.34. The number of benzene rings is 1. The van der Waals surface area contributed by atoms with Crippen molar-refractivity contribution in [3.05, 3.63) is 23.3 Å². The summed E-state index contributed by atoms with van der Waals surface area (Å²) in [6.45, 7) is -3.43. The first-order valence-electron chi connectivity index (χ1n) is 5.05. The van der Waals surface area contributed by atoms with Crippen LogP contribution in [0.4, 0.5) is 22.0 Å². The number of carbonyl (C=O) groups is 1. The van der Waals surface area contributed by atoms with E-state index in [9.17, 15) is 26.7 Å². The van der Waals surface area contributed by atoms with Crippen LogP contribution in [0.3, 0.4) is 0 Å². The van der Waals surface area contributed by atoms with E-state index in [1.54, 1.807) is 0 Å². The number of ether oxygens (including phenoxy) is 3. The van der Waals surface area contributed by atoms with Crippen molar-refractivity contribution in [2.75, 3.05) is 7.11 Å². The summed E-state index contributed by atoms with van der Waals surface area (Å²) in [5.41, 5.74) is -1.39. The van der Waals surface area contributed by atoms with Gasteiger partial charge in [-0.1, -0.05) is 0 Å². The minimum Gasteiger partial charge on any atom is -0.465 e. The highest BCUT2D eigenvalue weighted by molar-refractivity contribution is 5.95. The molecule has 0 aliphatic rings. The van der Waals surface area contributed by atoms with Crippen LogP contribution in [0, 0.1) is 11.3 Å². The van der Waals surface area contributed by atoms with Crippen LogP contribution < -0.4 is 9.47 Å². The molecule has 0 radical (unpaired) electrons. The van der Waals surface area contributed by atoms with Gasteiger partial charge in [-0.05, 0) is 6.07 Å². The number of nitrogens with zero attached hydrogens (tertiary/aromatic N) is 1. The van der Waals surface area contributed by atoms with Crippen LogP contribution in [-0.4, -0.2) is 26.1 Å². The van der Waals surface area contributed by atoms with Gasteiger partial charge in [0, 0.05) is 6.07 Å². The standard InChI is InChI=1S/C11H6F5NO4/c1-19-9(18)8-5(4-17)2-6(21-11(14,15)16)3-7(8)20-10(12)13/h2-3,10H,1H3. The summed E-state index contributed by atoms with van der Waals surface area (Å²) in [5.74, 6) is -3.17. The average molecular weight is 311 g/mol. The molecule has 10 heteroatoms. The molecule has 0 aliphatic carbocycles. The number of halogens is 5. The number of alkyl halides is 5. The Morgan fingerprint density at radius 3 is 2.38 bits per heavy atom. The van der Waals surface area contributed by atoms with Gasteiger partial charge in [-0.3, -0.25) is 0 Å². The summed E-state index contributed by atoms with van der Waals surface area (Å²) in [5, 5.41) is 8.81. The SMILES string of the molecule is COC(=O)c1c(C#N)cc(OC(F)(F)F)cc1OC(F)F. The maximum absolute atomic E-state index is 12.3. The summed E-state index contributed by atoms with van der Waals surface area (Å²) >= 11 is 0. The van der Waals surface area contributed by atoms with Crippen LogP contribution in [0.1, 0.15) is 15.9 Å². The molecule has 1 rings (SSSR count). The lowest BCUT2D eigenvalue weighted by molar-refractivity contribution is -0.274. The summed E-state index contributed by atoms with van der Waals surface area (Å²) < 4.78 is 72.5. The van der Waals surface area contributed by atoms with E-state index in [0.29, 0.717) is 12.1 Å². The number of carbonyl (C=O) groups excluding carboxylic acids is 1. The molecule has 1 aromatic rings. The van der Waals surface area contributed by atoms with Gasteiger partial charge in [-0.25, -0.2) is 4.79 Å². The fraction of sp³-hybridized carbons (Fsp3) is 0.273. The second-order valence-electron chi connectivity index (χ2n) is 3.37. The Balaban J connectivity index is 3.43. The number of rotatable bonds is 4. The van der Waals surface area contributed by atoms with Gasteiger partial charge >= 0.3 is 18.9 Å². The molecular weight excluding hydrogens is 305 g/mol. The molecule has 0 aromatic heterocycles. The molecule has 1 aromatic carbocycles. The lowest BCUT2D eigenvalue weighted by Crippen LogP contribution is -2.18. The van der Waals surface area contributed by atoms with Gasteiger partial charge in [0.25, 0.3) is 0 Å². The van der Waals surface area contributed by atoms with Crippen molar-refractivity contribution >= 4 is 5.97 Å². The summed E-state index contributed by atoms with van der Waals surface area (Å²) in [6.07, 6.45) is -5.11. The van der Waals surface area contributed by atoms with Gasteiger partial charge in [0.15, 0.2) is 0 Å². The van der Waals surface area contributed by atoms with Crippen molar-refractivity contribution in [1.82, 2.24) is 0 Å². The molecule has 0 heterocycles. The second kappa shape index (κ2) is 6.25. The molecule has 0 atom stereocenters. The lowest BCUT2D eigenvalue weighted by atomic mass is 10.1. The van der Waals surface area contributed by atoms with E-state index in [-0.39, 0.29) is 0 Å². The fourth-order valence-electron chi connectivity index (χ4n) is 1.37. The van der Waals surface area contributed by atoms with Crippen LogP contribution in [0.15, 0.2) is 12.1 Å². The molecule has 0 spiro atoms. The minimum absolute atomic E-state index is 0.409. The van der Waals surface area contributed by atoms with E-state index >= 15 is 0 Å². The maximum atomic E-state index is 12.3. The number of hydrogen-bond donors (Lipinski definition) is 0. The van der Waals surface area contributed by atoms with Crippen molar-refractivity contribution in [1.29, 1.82) is 5.26 Å². The third-order valence-corrected chi connectivity index (χ3v) is 2.04.